The Morgan fingerprint density at radius 1 is 1.25 bits per heavy atom. The van der Waals surface area contributed by atoms with E-state index in [-0.39, 0.29) is 11.9 Å². The highest BCUT2D eigenvalue weighted by molar-refractivity contribution is 7.15. The predicted molar refractivity (Wildman–Crippen MR) is 93.0 cm³/mol. The summed E-state index contributed by atoms with van der Waals surface area (Å²) in [5.41, 5.74) is 6.33. The molecule has 0 spiro atoms. The Kier molecular flexibility index (Phi) is 5.22. The minimum absolute atomic E-state index is 0.112. The molecule has 2 aromatic rings. The van der Waals surface area contributed by atoms with E-state index < -0.39 is 5.91 Å². The third-order valence-electron chi connectivity index (χ3n) is 4.18. The van der Waals surface area contributed by atoms with Gasteiger partial charge in [0.05, 0.1) is 15.8 Å². The lowest BCUT2D eigenvalue weighted by molar-refractivity contribution is 0.0941. The van der Waals surface area contributed by atoms with Gasteiger partial charge >= 0.3 is 0 Å². The summed E-state index contributed by atoms with van der Waals surface area (Å²) in [6.45, 7) is 2.56. The van der Waals surface area contributed by atoms with Gasteiger partial charge in [-0.1, -0.05) is 6.07 Å². The molecule has 3 N–H and O–H groups in total. The molecule has 0 radical (unpaired) electrons. The molecule has 0 aromatic carbocycles. The summed E-state index contributed by atoms with van der Waals surface area (Å²) in [5, 5.41) is 2.98. The second-order valence-electron chi connectivity index (χ2n) is 5.78. The van der Waals surface area contributed by atoms with Gasteiger partial charge in [-0.2, -0.15) is 0 Å². The summed E-state index contributed by atoms with van der Waals surface area (Å²) < 4.78 is 0. The SMILES string of the molecule is NC(=O)c1ccc(C(=O)NCC(c2cccnc2)N2CCCC2)s1. The molecular formula is C17H20N4O2S. The summed E-state index contributed by atoms with van der Waals surface area (Å²) in [7, 11) is 0. The van der Waals surface area contributed by atoms with Crippen LogP contribution in [0.1, 0.15) is 43.8 Å². The number of nitrogens with two attached hydrogens (primary N) is 1. The first-order chi connectivity index (χ1) is 11.6. The van der Waals surface area contributed by atoms with Gasteiger partial charge in [0.2, 0.25) is 0 Å². The van der Waals surface area contributed by atoms with Crippen molar-refractivity contribution in [1.29, 1.82) is 0 Å². The number of thiophene rings is 1. The third kappa shape index (κ3) is 3.80. The topological polar surface area (TPSA) is 88.3 Å². The van der Waals surface area contributed by atoms with Gasteiger partial charge < -0.3 is 11.1 Å². The number of amides is 2. The second kappa shape index (κ2) is 7.55. The maximum Gasteiger partial charge on any atom is 0.261 e. The molecule has 1 aliphatic heterocycles. The van der Waals surface area contributed by atoms with Crippen LogP contribution in [-0.4, -0.2) is 41.3 Å². The number of pyridine rings is 1. The number of aromatic nitrogens is 1. The molecule has 6 nitrogen and oxygen atoms in total. The summed E-state index contributed by atoms with van der Waals surface area (Å²) in [5.74, 6) is -0.690. The highest BCUT2D eigenvalue weighted by atomic mass is 32.1. The first-order valence-corrected chi connectivity index (χ1v) is 8.78. The van der Waals surface area contributed by atoms with Crippen molar-refractivity contribution >= 4 is 23.2 Å². The van der Waals surface area contributed by atoms with Gasteiger partial charge in [0.15, 0.2) is 0 Å². The van der Waals surface area contributed by atoms with Crippen LogP contribution in [0.3, 0.4) is 0 Å². The van der Waals surface area contributed by atoms with Crippen LogP contribution in [0.5, 0.6) is 0 Å². The number of primary amides is 1. The Morgan fingerprint density at radius 2 is 2.00 bits per heavy atom. The monoisotopic (exact) mass is 344 g/mol. The van der Waals surface area contributed by atoms with Gasteiger partial charge in [0.1, 0.15) is 0 Å². The van der Waals surface area contributed by atoms with E-state index in [2.05, 4.69) is 15.2 Å². The van der Waals surface area contributed by atoms with Crippen molar-refractivity contribution in [3.8, 4) is 0 Å². The molecule has 2 amide bonds. The van der Waals surface area contributed by atoms with E-state index >= 15 is 0 Å². The van der Waals surface area contributed by atoms with E-state index in [1.807, 2.05) is 18.3 Å². The number of hydrogen-bond acceptors (Lipinski definition) is 5. The van der Waals surface area contributed by atoms with Crippen LogP contribution < -0.4 is 11.1 Å². The minimum atomic E-state index is -0.510. The van der Waals surface area contributed by atoms with Gasteiger partial charge in [-0.3, -0.25) is 19.5 Å². The van der Waals surface area contributed by atoms with Gasteiger partial charge in [0, 0.05) is 18.9 Å². The van der Waals surface area contributed by atoms with Gasteiger partial charge in [-0.15, -0.1) is 11.3 Å². The fourth-order valence-corrected chi connectivity index (χ4v) is 3.73. The Labute approximate surface area is 144 Å². The van der Waals surface area contributed by atoms with Crippen molar-refractivity contribution in [3.05, 3.63) is 52.0 Å². The molecule has 3 rings (SSSR count). The van der Waals surface area contributed by atoms with E-state index in [0.29, 0.717) is 16.3 Å². The molecule has 0 bridgehead atoms. The van der Waals surface area contributed by atoms with Crippen molar-refractivity contribution in [2.24, 2.45) is 5.73 Å². The Balaban J connectivity index is 1.68. The second-order valence-corrected chi connectivity index (χ2v) is 6.87. The largest absolute Gasteiger partial charge is 0.365 e. The van der Waals surface area contributed by atoms with Crippen molar-refractivity contribution in [3.63, 3.8) is 0 Å². The lowest BCUT2D eigenvalue weighted by atomic mass is 10.1. The molecule has 3 heterocycles. The van der Waals surface area contributed by atoms with Gasteiger partial charge in [-0.05, 0) is 49.7 Å². The van der Waals surface area contributed by atoms with Gasteiger partial charge in [0.25, 0.3) is 11.8 Å². The quantitative estimate of drug-likeness (QED) is 0.836. The Morgan fingerprint density at radius 3 is 2.62 bits per heavy atom. The van der Waals surface area contributed by atoms with Crippen molar-refractivity contribution in [1.82, 2.24) is 15.2 Å². The zero-order chi connectivity index (χ0) is 16.9. The fourth-order valence-electron chi connectivity index (χ4n) is 2.95. The molecule has 1 atom stereocenters. The normalized spacial score (nSPS) is 16.0. The van der Waals surface area contributed by atoms with E-state index in [1.165, 1.54) is 12.8 Å². The molecule has 1 unspecified atom stereocenters. The van der Waals surface area contributed by atoms with Crippen molar-refractivity contribution < 1.29 is 9.59 Å². The Hall–Kier alpha value is -2.25. The smallest absolute Gasteiger partial charge is 0.261 e. The lowest BCUT2D eigenvalue weighted by Gasteiger charge is -2.27. The fraction of sp³-hybridized carbons (Fsp3) is 0.353. The minimum Gasteiger partial charge on any atom is -0.365 e. The molecule has 0 aliphatic carbocycles. The van der Waals surface area contributed by atoms with Crippen LogP contribution >= 0.6 is 11.3 Å². The molecule has 1 aliphatic rings. The zero-order valence-electron chi connectivity index (χ0n) is 13.3. The number of rotatable bonds is 6. The van der Waals surface area contributed by atoms with Crippen LogP contribution in [0.15, 0.2) is 36.7 Å². The summed E-state index contributed by atoms with van der Waals surface area (Å²) >= 11 is 1.12. The van der Waals surface area contributed by atoms with Crippen LogP contribution in [0.4, 0.5) is 0 Å². The molecule has 24 heavy (non-hydrogen) atoms. The number of nitrogens with one attached hydrogen (secondary N) is 1. The maximum absolute atomic E-state index is 12.3. The van der Waals surface area contributed by atoms with Crippen LogP contribution in [0, 0.1) is 0 Å². The maximum atomic E-state index is 12.3. The van der Waals surface area contributed by atoms with Crippen LogP contribution in [0.25, 0.3) is 0 Å². The number of likely N-dealkylation sites (tertiary alicyclic amines) is 1. The standard InChI is InChI=1S/C17H20N4O2S/c18-16(22)14-5-6-15(24-14)17(23)20-11-13(21-8-1-2-9-21)12-4-3-7-19-10-12/h3-7,10,13H,1-2,8-9,11H2,(H2,18,22)(H,20,23). The van der Waals surface area contributed by atoms with E-state index in [9.17, 15) is 9.59 Å². The van der Waals surface area contributed by atoms with Crippen molar-refractivity contribution in [2.45, 2.75) is 18.9 Å². The first-order valence-electron chi connectivity index (χ1n) is 7.97. The van der Waals surface area contributed by atoms with Crippen LogP contribution in [0.2, 0.25) is 0 Å². The molecular weight excluding hydrogens is 324 g/mol. The zero-order valence-corrected chi connectivity index (χ0v) is 14.1. The third-order valence-corrected chi connectivity index (χ3v) is 5.28. The first kappa shape index (κ1) is 16.6. The summed E-state index contributed by atoms with van der Waals surface area (Å²) in [4.78, 5) is 31.0. The summed E-state index contributed by atoms with van der Waals surface area (Å²) in [6, 6.07) is 7.29. The predicted octanol–water partition coefficient (Wildman–Crippen LogP) is 1.81. The lowest BCUT2D eigenvalue weighted by Crippen LogP contribution is -2.36. The molecule has 1 saturated heterocycles. The van der Waals surface area contributed by atoms with E-state index in [0.717, 1.165) is 30.0 Å². The average Bonchev–Trinajstić information content (AvgIpc) is 3.28. The number of carbonyl (C=O) groups is 2. The van der Waals surface area contributed by atoms with Crippen molar-refractivity contribution in [2.75, 3.05) is 19.6 Å². The summed E-state index contributed by atoms with van der Waals surface area (Å²) in [6.07, 6.45) is 5.96. The van der Waals surface area contributed by atoms with E-state index in [1.54, 1.807) is 18.3 Å². The molecule has 0 saturated carbocycles. The molecule has 1 fully saturated rings. The average molecular weight is 344 g/mol. The molecule has 7 heteroatoms. The van der Waals surface area contributed by atoms with E-state index in [4.69, 9.17) is 5.73 Å². The number of carbonyl (C=O) groups excluding carboxylic acids is 2. The highest BCUT2D eigenvalue weighted by Gasteiger charge is 2.24. The number of nitrogens with zero attached hydrogens (tertiary/aromatic N) is 2. The van der Waals surface area contributed by atoms with Crippen LogP contribution in [-0.2, 0) is 0 Å². The molecule has 126 valence electrons. The highest BCUT2D eigenvalue weighted by Crippen LogP contribution is 2.24. The number of hydrogen-bond donors (Lipinski definition) is 2. The molecule has 2 aromatic heterocycles. The van der Waals surface area contributed by atoms with Gasteiger partial charge in [-0.25, -0.2) is 0 Å². The Bertz CT molecular complexity index is 710.